The molecule has 0 bridgehead atoms. The zero-order chi connectivity index (χ0) is 27.4. The summed E-state index contributed by atoms with van der Waals surface area (Å²) in [7, 11) is 0. The number of piperidine rings is 1. The Morgan fingerprint density at radius 2 is 1.92 bits per heavy atom. The minimum atomic E-state index is -0.784. The Morgan fingerprint density at radius 3 is 2.67 bits per heavy atom. The molecule has 5 rings (SSSR count). The van der Waals surface area contributed by atoms with E-state index >= 15 is 0 Å². The summed E-state index contributed by atoms with van der Waals surface area (Å²) < 4.78 is 9.17. The molecule has 3 aromatic heterocycles. The molecular formula is C28H26N8O3. The SMILES string of the molecule is [C-]#[N+]c1ccccc1Cn1c(Oc2cccnc2C(N)=O)nc2nc(N3CCCCC3)n(CC#CC)c2c1=O. The van der Waals surface area contributed by atoms with Crippen LogP contribution in [0.3, 0.4) is 0 Å². The summed E-state index contributed by atoms with van der Waals surface area (Å²) in [5, 5.41) is 0. The lowest BCUT2D eigenvalue weighted by Crippen LogP contribution is -2.32. The van der Waals surface area contributed by atoms with Crippen molar-refractivity contribution in [2.75, 3.05) is 18.0 Å². The van der Waals surface area contributed by atoms with Crippen molar-refractivity contribution in [2.45, 2.75) is 39.3 Å². The monoisotopic (exact) mass is 522 g/mol. The fourth-order valence-electron chi connectivity index (χ4n) is 4.62. The number of imidazole rings is 1. The predicted molar refractivity (Wildman–Crippen MR) is 146 cm³/mol. The number of benzene rings is 1. The van der Waals surface area contributed by atoms with Crippen LogP contribution in [0.4, 0.5) is 11.6 Å². The highest BCUT2D eigenvalue weighted by molar-refractivity contribution is 5.93. The van der Waals surface area contributed by atoms with Crippen LogP contribution in [0.15, 0.2) is 47.4 Å². The van der Waals surface area contributed by atoms with Crippen molar-refractivity contribution in [2.24, 2.45) is 5.73 Å². The molecule has 1 amide bonds. The van der Waals surface area contributed by atoms with Crippen LogP contribution in [0.2, 0.25) is 0 Å². The predicted octanol–water partition coefficient (Wildman–Crippen LogP) is 3.49. The van der Waals surface area contributed by atoms with E-state index in [0.717, 1.165) is 32.4 Å². The quantitative estimate of drug-likeness (QED) is 0.291. The molecule has 11 nitrogen and oxygen atoms in total. The van der Waals surface area contributed by atoms with Crippen molar-refractivity contribution in [3.8, 4) is 23.6 Å². The van der Waals surface area contributed by atoms with Crippen LogP contribution in [-0.4, -0.2) is 43.1 Å². The molecule has 0 atom stereocenters. The van der Waals surface area contributed by atoms with Gasteiger partial charge in [0.1, 0.15) is 0 Å². The molecule has 1 aliphatic rings. The summed E-state index contributed by atoms with van der Waals surface area (Å²) in [5.41, 5.74) is 6.49. The first-order valence-corrected chi connectivity index (χ1v) is 12.6. The number of primary amides is 1. The van der Waals surface area contributed by atoms with Crippen LogP contribution in [0, 0.1) is 18.4 Å². The van der Waals surface area contributed by atoms with Gasteiger partial charge in [-0.05, 0) is 43.9 Å². The van der Waals surface area contributed by atoms with Crippen molar-refractivity contribution < 1.29 is 9.53 Å². The summed E-state index contributed by atoms with van der Waals surface area (Å²) in [6.07, 6.45) is 4.62. The van der Waals surface area contributed by atoms with Gasteiger partial charge in [-0.3, -0.25) is 18.7 Å². The Labute approximate surface area is 224 Å². The van der Waals surface area contributed by atoms with Gasteiger partial charge in [-0.25, -0.2) is 9.83 Å². The normalized spacial score (nSPS) is 13.0. The summed E-state index contributed by atoms with van der Waals surface area (Å²) >= 11 is 0. The van der Waals surface area contributed by atoms with Gasteiger partial charge in [0.05, 0.1) is 13.1 Å². The van der Waals surface area contributed by atoms with Gasteiger partial charge in [-0.2, -0.15) is 9.97 Å². The first kappa shape index (κ1) is 25.5. The van der Waals surface area contributed by atoms with Gasteiger partial charge in [-0.1, -0.05) is 30.2 Å². The fraction of sp³-hybridized carbons (Fsp3) is 0.286. The van der Waals surface area contributed by atoms with Crippen molar-refractivity contribution in [3.63, 3.8) is 0 Å². The van der Waals surface area contributed by atoms with E-state index in [-0.39, 0.29) is 41.7 Å². The zero-order valence-corrected chi connectivity index (χ0v) is 21.4. The minimum absolute atomic E-state index is 0.00547. The molecule has 0 aliphatic carbocycles. The van der Waals surface area contributed by atoms with E-state index in [1.165, 1.54) is 16.8 Å². The highest BCUT2D eigenvalue weighted by Gasteiger charge is 2.25. The number of carbonyl (C=O) groups excluding carboxylic acids is 1. The number of rotatable bonds is 7. The van der Waals surface area contributed by atoms with Crippen LogP contribution in [0.25, 0.3) is 16.0 Å². The highest BCUT2D eigenvalue weighted by Crippen LogP contribution is 2.28. The Morgan fingerprint density at radius 1 is 1.13 bits per heavy atom. The zero-order valence-electron chi connectivity index (χ0n) is 21.4. The average molecular weight is 523 g/mol. The highest BCUT2D eigenvalue weighted by atomic mass is 16.5. The van der Waals surface area contributed by atoms with Crippen LogP contribution < -0.4 is 20.9 Å². The Bertz CT molecular complexity index is 1710. The summed E-state index contributed by atoms with van der Waals surface area (Å²) in [5.74, 6) is 5.84. The molecule has 0 spiro atoms. The van der Waals surface area contributed by atoms with Crippen LogP contribution >= 0.6 is 0 Å². The van der Waals surface area contributed by atoms with Gasteiger partial charge in [0, 0.05) is 25.8 Å². The molecule has 39 heavy (non-hydrogen) atoms. The topological polar surface area (TPSA) is 126 Å². The Kier molecular flexibility index (Phi) is 7.23. The van der Waals surface area contributed by atoms with Gasteiger partial charge < -0.3 is 15.4 Å². The molecule has 0 radical (unpaired) electrons. The molecule has 0 unspecified atom stereocenters. The lowest BCUT2D eigenvalue weighted by Gasteiger charge is -2.27. The smallest absolute Gasteiger partial charge is 0.307 e. The van der Waals surface area contributed by atoms with E-state index in [4.69, 9.17) is 22.0 Å². The third kappa shape index (κ3) is 5.03. The van der Waals surface area contributed by atoms with E-state index in [1.54, 1.807) is 41.8 Å². The second-order valence-electron chi connectivity index (χ2n) is 8.99. The number of hydrogen-bond acceptors (Lipinski definition) is 7. The molecule has 1 aromatic carbocycles. The van der Waals surface area contributed by atoms with Gasteiger partial charge in [0.15, 0.2) is 28.3 Å². The second-order valence-corrected chi connectivity index (χ2v) is 8.99. The summed E-state index contributed by atoms with van der Waals surface area (Å²) in [6, 6.07) is 10.0. The van der Waals surface area contributed by atoms with Crippen molar-refractivity contribution in [3.05, 3.63) is 75.6 Å². The number of hydrogen-bond donors (Lipinski definition) is 1. The van der Waals surface area contributed by atoms with Crippen LogP contribution in [-0.2, 0) is 13.1 Å². The number of aromatic nitrogens is 5. The minimum Gasteiger partial charge on any atom is -0.423 e. The molecule has 2 N–H and O–H groups in total. The summed E-state index contributed by atoms with van der Waals surface area (Å²) in [6.45, 7) is 11.2. The lowest BCUT2D eigenvalue weighted by molar-refractivity contribution is 0.0993. The third-order valence-electron chi connectivity index (χ3n) is 6.51. The number of para-hydroxylation sites is 1. The lowest BCUT2D eigenvalue weighted by atomic mass is 10.1. The number of fused-ring (bicyclic) bond motifs is 1. The van der Waals surface area contributed by atoms with Crippen LogP contribution in [0.1, 0.15) is 42.2 Å². The van der Waals surface area contributed by atoms with E-state index in [0.29, 0.717) is 17.2 Å². The molecule has 196 valence electrons. The van der Waals surface area contributed by atoms with Gasteiger partial charge >= 0.3 is 6.01 Å². The number of pyridine rings is 1. The molecular weight excluding hydrogens is 496 g/mol. The van der Waals surface area contributed by atoms with E-state index in [1.807, 2.05) is 0 Å². The van der Waals surface area contributed by atoms with Gasteiger partial charge in [-0.15, -0.1) is 5.92 Å². The first-order chi connectivity index (χ1) is 19.0. The fourth-order valence-corrected chi connectivity index (χ4v) is 4.62. The van der Waals surface area contributed by atoms with E-state index in [2.05, 4.69) is 31.6 Å². The standard InChI is InChI=1S/C28H26N8O3/c1-3-4-17-35-23-25(32-27(35)34-15-8-5-9-16-34)33-28(39-21-13-10-14-31-22(21)24(29)37)36(26(23)38)18-19-11-6-7-12-20(19)30-2/h6-7,10-14H,5,8-9,15-18H2,1H3,(H2,29,37). The maximum atomic E-state index is 14.2. The number of nitrogens with zero attached hydrogens (tertiary/aromatic N) is 7. The Hall–Kier alpha value is -5.16. The first-order valence-electron chi connectivity index (χ1n) is 12.6. The summed E-state index contributed by atoms with van der Waals surface area (Å²) in [4.78, 5) is 45.3. The molecule has 4 aromatic rings. The number of nitrogens with two attached hydrogens (primary N) is 1. The van der Waals surface area contributed by atoms with Crippen molar-refractivity contribution >= 4 is 28.7 Å². The maximum Gasteiger partial charge on any atom is 0.307 e. The molecule has 1 saturated heterocycles. The third-order valence-corrected chi connectivity index (χ3v) is 6.51. The molecule has 11 heteroatoms. The van der Waals surface area contributed by atoms with E-state index in [9.17, 15) is 9.59 Å². The van der Waals surface area contributed by atoms with E-state index < -0.39 is 11.5 Å². The average Bonchev–Trinajstić information content (AvgIpc) is 3.33. The van der Waals surface area contributed by atoms with Gasteiger partial charge in [0.2, 0.25) is 5.95 Å². The molecule has 1 fully saturated rings. The van der Waals surface area contributed by atoms with Crippen molar-refractivity contribution in [1.82, 2.24) is 24.1 Å². The maximum absolute atomic E-state index is 14.2. The van der Waals surface area contributed by atoms with Crippen molar-refractivity contribution in [1.29, 1.82) is 0 Å². The molecule has 1 aliphatic heterocycles. The number of anilines is 1. The van der Waals surface area contributed by atoms with Gasteiger partial charge in [0.25, 0.3) is 11.5 Å². The second kappa shape index (κ2) is 11.1. The Balaban J connectivity index is 1.74. The number of ether oxygens (including phenoxy) is 1. The molecule has 0 saturated carbocycles. The largest absolute Gasteiger partial charge is 0.423 e. The number of carbonyl (C=O) groups is 1. The van der Waals surface area contributed by atoms with Crippen LogP contribution in [0.5, 0.6) is 11.8 Å². The molecule has 4 heterocycles. The number of amides is 1.